The number of nitrogens with one attached hydrogen (secondary N) is 1. The second-order valence-electron chi connectivity index (χ2n) is 6.75. The van der Waals surface area contributed by atoms with Crippen molar-refractivity contribution in [3.05, 3.63) is 0 Å². The first-order chi connectivity index (χ1) is 8.86. The van der Waals surface area contributed by atoms with Gasteiger partial charge < -0.3 is 10.5 Å². The maximum Gasteiger partial charge on any atom is 0.471 e. The van der Waals surface area contributed by atoms with Crippen LogP contribution >= 0.6 is 0 Å². The standard InChI is InChI=1S/C13H23F3N2O2/c1-11(2)7-9(8-12(3,4)18(11)20)5-6-17-10(19)13(14,15)16/h9,20H,5-8H2,1-4H3,(H,17,19). The molecule has 1 aliphatic rings. The minimum atomic E-state index is -4.83. The van der Waals surface area contributed by atoms with E-state index in [-0.39, 0.29) is 12.5 Å². The second-order valence-corrected chi connectivity index (χ2v) is 6.75. The van der Waals surface area contributed by atoms with Crippen LogP contribution < -0.4 is 5.32 Å². The summed E-state index contributed by atoms with van der Waals surface area (Å²) in [5, 5.41) is 13.3. The number of piperidine rings is 1. The molecular weight excluding hydrogens is 273 g/mol. The molecule has 7 heteroatoms. The number of hydrogen-bond acceptors (Lipinski definition) is 3. The van der Waals surface area contributed by atoms with Gasteiger partial charge in [-0.15, -0.1) is 0 Å². The third-order valence-corrected chi connectivity index (χ3v) is 3.82. The quantitative estimate of drug-likeness (QED) is 0.842. The lowest BCUT2D eigenvalue weighted by molar-refractivity contribution is -0.251. The number of hydroxylamine groups is 2. The monoisotopic (exact) mass is 296 g/mol. The van der Waals surface area contributed by atoms with Gasteiger partial charge in [0.15, 0.2) is 0 Å². The summed E-state index contributed by atoms with van der Waals surface area (Å²) in [5.41, 5.74) is -0.860. The van der Waals surface area contributed by atoms with Gasteiger partial charge >= 0.3 is 12.1 Å². The first-order valence-corrected chi connectivity index (χ1v) is 6.70. The number of alkyl halides is 3. The molecule has 0 aromatic carbocycles. The Labute approximate surface area is 117 Å². The molecule has 1 fully saturated rings. The summed E-state index contributed by atoms with van der Waals surface area (Å²) in [6.45, 7) is 7.59. The van der Waals surface area contributed by atoms with Crippen molar-refractivity contribution in [3.8, 4) is 0 Å². The van der Waals surface area contributed by atoms with Gasteiger partial charge in [0.05, 0.1) is 0 Å². The SMILES string of the molecule is CC1(C)CC(CCNC(=O)C(F)(F)F)CC(C)(C)N1O. The van der Waals surface area contributed by atoms with Crippen LogP contribution in [0.15, 0.2) is 0 Å². The Morgan fingerprint density at radius 1 is 1.25 bits per heavy atom. The molecule has 0 aromatic rings. The van der Waals surface area contributed by atoms with Crippen LogP contribution in [0.2, 0.25) is 0 Å². The molecule has 0 saturated carbocycles. The maximum absolute atomic E-state index is 12.1. The number of hydrogen-bond donors (Lipinski definition) is 2. The van der Waals surface area contributed by atoms with E-state index >= 15 is 0 Å². The number of nitrogens with zero attached hydrogens (tertiary/aromatic N) is 1. The van der Waals surface area contributed by atoms with Crippen molar-refractivity contribution < 1.29 is 23.2 Å². The minimum Gasteiger partial charge on any atom is -0.348 e. The molecule has 1 saturated heterocycles. The molecule has 0 atom stereocenters. The first-order valence-electron chi connectivity index (χ1n) is 6.70. The molecule has 1 aliphatic heterocycles. The van der Waals surface area contributed by atoms with Gasteiger partial charge in [0.2, 0.25) is 0 Å². The fourth-order valence-electron chi connectivity index (χ4n) is 3.17. The van der Waals surface area contributed by atoms with Gasteiger partial charge in [-0.3, -0.25) is 4.79 Å². The topological polar surface area (TPSA) is 52.6 Å². The summed E-state index contributed by atoms with van der Waals surface area (Å²) >= 11 is 0. The first kappa shape index (κ1) is 17.2. The number of carbonyl (C=O) groups excluding carboxylic acids is 1. The average molecular weight is 296 g/mol. The van der Waals surface area contributed by atoms with Gasteiger partial charge in [0.1, 0.15) is 0 Å². The Kier molecular flexibility index (Phi) is 4.76. The molecule has 0 spiro atoms. The zero-order valence-electron chi connectivity index (χ0n) is 12.3. The number of amides is 1. The number of carbonyl (C=O) groups is 1. The molecule has 1 heterocycles. The molecule has 20 heavy (non-hydrogen) atoms. The van der Waals surface area contributed by atoms with Gasteiger partial charge in [-0.05, 0) is 52.9 Å². The van der Waals surface area contributed by atoms with Crippen molar-refractivity contribution in [2.75, 3.05) is 6.54 Å². The van der Waals surface area contributed by atoms with E-state index in [1.54, 1.807) is 0 Å². The third-order valence-electron chi connectivity index (χ3n) is 3.82. The molecule has 2 N–H and O–H groups in total. The predicted octanol–water partition coefficient (Wildman–Crippen LogP) is 2.71. The van der Waals surface area contributed by atoms with Crippen LogP contribution in [0.1, 0.15) is 47.0 Å². The molecular formula is C13H23F3N2O2. The summed E-state index contributed by atoms with van der Waals surface area (Å²) < 4.78 is 36.2. The minimum absolute atomic E-state index is 0.000594. The predicted molar refractivity (Wildman–Crippen MR) is 68.2 cm³/mol. The lowest BCUT2D eigenvalue weighted by Gasteiger charge is -2.51. The van der Waals surface area contributed by atoms with Crippen molar-refractivity contribution in [2.24, 2.45) is 5.92 Å². The van der Waals surface area contributed by atoms with Crippen LogP contribution in [-0.2, 0) is 4.79 Å². The fraction of sp³-hybridized carbons (Fsp3) is 0.923. The molecule has 0 bridgehead atoms. The Morgan fingerprint density at radius 2 is 1.70 bits per heavy atom. The highest BCUT2D eigenvalue weighted by Crippen LogP contribution is 2.40. The van der Waals surface area contributed by atoms with Crippen molar-refractivity contribution >= 4 is 5.91 Å². The van der Waals surface area contributed by atoms with Gasteiger partial charge in [0, 0.05) is 17.6 Å². The summed E-state index contributed by atoms with van der Waals surface area (Å²) in [5.74, 6) is -1.73. The van der Waals surface area contributed by atoms with Gasteiger partial charge in [-0.2, -0.15) is 18.2 Å². The number of halogens is 3. The number of rotatable bonds is 3. The molecule has 0 radical (unpaired) electrons. The Morgan fingerprint density at radius 3 is 2.10 bits per heavy atom. The zero-order chi connectivity index (χ0) is 15.8. The van der Waals surface area contributed by atoms with Gasteiger partial charge in [-0.1, -0.05) is 0 Å². The maximum atomic E-state index is 12.1. The van der Waals surface area contributed by atoms with Crippen molar-refractivity contribution in [1.29, 1.82) is 0 Å². The molecule has 0 unspecified atom stereocenters. The van der Waals surface area contributed by atoms with Crippen molar-refractivity contribution in [1.82, 2.24) is 10.4 Å². The fourth-order valence-corrected chi connectivity index (χ4v) is 3.17. The largest absolute Gasteiger partial charge is 0.471 e. The highest BCUT2D eigenvalue weighted by atomic mass is 19.4. The molecule has 1 rings (SSSR count). The average Bonchev–Trinajstić information content (AvgIpc) is 2.23. The van der Waals surface area contributed by atoms with Gasteiger partial charge in [0.25, 0.3) is 0 Å². The highest BCUT2D eigenvalue weighted by molar-refractivity contribution is 5.81. The van der Waals surface area contributed by atoms with E-state index in [0.29, 0.717) is 19.3 Å². The van der Waals surface area contributed by atoms with Crippen LogP contribution in [0.25, 0.3) is 0 Å². The van der Waals surface area contributed by atoms with E-state index in [2.05, 4.69) is 0 Å². The van der Waals surface area contributed by atoms with Crippen LogP contribution in [0.5, 0.6) is 0 Å². The van der Waals surface area contributed by atoms with Crippen LogP contribution in [0.3, 0.4) is 0 Å². The third kappa shape index (κ3) is 4.09. The zero-order valence-corrected chi connectivity index (χ0v) is 12.3. The lowest BCUT2D eigenvalue weighted by atomic mass is 9.74. The Bertz CT molecular complexity index is 349. The van der Waals surface area contributed by atoms with E-state index < -0.39 is 23.2 Å². The normalized spacial score (nSPS) is 23.6. The molecule has 0 aromatic heterocycles. The van der Waals surface area contributed by atoms with E-state index in [4.69, 9.17) is 0 Å². The van der Waals surface area contributed by atoms with Crippen molar-refractivity contribution in [3.63, 3.8) is 0 Å². The summed E-state index contributed by atoms with van der Waals surface area (Å²) in [6, 6.07) is 0. The van der Waals surface area contributed by atoms with Gasteiger partial charge in [-0.25, -0.2) is 0 Å². The van der Waals surface area contributed by atoms with Crippen molar-refractivity contribution in [2.45, 2.75) is 64.2 Å². The summed E-state index contributed by atoms with van der Waals surface area (Å²) in [7, 11) is 0. The molecule has 4 nitrogen and oxygen atoms in total. The lowest BCUT2D eigenvalue weighted by Crippen LogP contribution is -2.59. The molecule has 118 valence electrons. The van der Waals surface area contributed by atoms with E-state index in [0.717, 1.165) is 0 Å². The Hall–Kier alpha value is -0.820. The summed E-state index contributed by atoms with van der Waals surface area (Å²) in [6.07, 6.45) is -3.00. The Balaban J connectivity index is 2.52. The highest BCUT2D eigenvalue weighted by Gasteiger charge is 2.45. The molecule has 1 amide bonds. The smallest absolute Gasteiger partial charge is 0.348 e. The van der Waals surface area contributed by atoms with Crippen LogP contribution in [0.4, 0.5) is 13.2 Å². The van der Waals surface area contributed by atoms with E-state index in [1.165, 1.54) is 5.06 Å². The van der Waals surface area contributed by atoms with Crippen LogP contribution in [-0.4, -0.2) is 40.0 Å². The molecule has 0 aliphatic carbocycles. The summed E-state index contributed by atoms with van der Waals surface area (Å²) in [4.78, 5) is 10.7. The van der Waals surface area contributed by atoms with E-state index in [1.807, 2.05) is 33.0 Å². The van der Waals surface area contributed by atoms with Crippen LogP contribution in [0, 0.1) is 5.92 Å². The van der Waals surface area contributed by atoms with E-state index in [9.17, 15) is 23.2 Å². The second kappa shape index (κ2) is 5.52.